The molecule has 0 aliphatic rings. The third kappa shape index (κ3) is 5.73. The number of halogens is 3. The number of ether oxygens (including phenoxy) is 2. The number of carbonyl (C=O) groups is 1. The van der Waals surface area contributed by atoms with E-state index in [0.29, 0.717) is 6.21 Å². The summed E-state index contributed by atoms with van der Waals surface area (Å²) in [5.74, 6) is -1.19. The Labute approximate surface area is 109 Å². The summed E-state index contributed by atoms with van der Waals surface area (Å²) >= 11 is 0. The van der Waals surface area contributed by atoms with Crippen LogP contribution in [-0.2, 0) is 14.3 Å². The first-order chi connectivity index (χ1) is 8.77. The van der Waals surface area contributed by atoms with Crippen LogP contribution in [0.5, 0.6) is 0 Å². The number of hydrogen-bond acceptors (Lipinski definition) is 5. The maximum atomic E-state index is 12.9. The van der Waals surface area contributed by atoms with Crippen molar-refractivity contribution in [3.05, 3.63) is 11.3 Å². The Hall–Kier alpha value is -1.57. The molecule has 0 aromatic carbocycles. The van der Waals surface area contributed by atoms with E-state index in [1.54, 1.807) is 0 Å². The van der Waals surface area contributed by atoms with Crippen molar-refractivity contribution in [2.24, 2.45) is 0 Å². The highest BCUT2D eigenvalue weighted by molar-refractivity contribution is 6.09. The topological polar surface area (TPSA) is 71.4 Å². The van der Waals surface area contributed by atoms with E-state index in [-0.39, 0.29) is 13.2 Å². The van der Waals surface area contributed by atoms with Crippen molar-refractivity contribution in [3.63, 3.8) is 0 Å². The second-order valence-corrected chi connectivity index (χ2v) is 3.65. The quantitative estimate of drug-likeness (QED) is 0.423. The summed E-state index contributed by atoms with van der Waals surface area (Å²) in [5.41, 5.74) is -2.16. The van der Waals surface area contributed by atoms with E-state index < -0.39 is 29.5 Å². The van der Waals surface area contributed by atoms with E-state index in [4.69, 9.17) is 10.1 Å². The minimum absolute atomic E-state index is 0.0215. The SMILES string of the molecule is CCOC(=O)/C(C=N)=C(/NC(C)COC)C(F)(F)F. The second kappa shape index (κ2) is 7.78. The lowest BCUT2D eigenvalue weighted by atomic mass is 10.2. The monoisotopic (exact) mass is 282 g/mol. The number of rotatable bonds is 7. The van der Waals surface area contributed by atoms with Gasteiger partial charge in [0.05, 0.1) is 13.2 Å². The van der Waals surface area contributed by atoms with Crippen LogP contribution in [0, 0.1) is 5.41 Å². The molecule has 0 heterocycles. The van der Waals surface area contributed by atoms with Gasteiger partial charge in [0.1, 0.15) is 11.3 Å². The van der Waals surface area contributed by atoms with Crippen molar-refractivity contribution in [1.82, 2.24) is 5.32 Å². The van der Waals surface area contributed by atoms with Crippen LogP contribution in [-0.4, -0.2) is 44.7 Å². The first kappa shape index (κ1) is 17.4. The van der Waals surface area contributed by atoms with Gasteiger partial charge < -0.3 is 20.2 Å². The van der Waals surface area contributed by atoms with E-state index in [1.165, 1.54) is 21.0 Å². The molecule has 5 nitrogen and oxygen atoms in total. The fourth-order valence-corrected chi connectivity index (χ4v) is 1.29. The molecule has 0 saturated carbocycles. The summed E-state index contributed by atoms with van der Waals surface area (Å²) in [7, 11) is 1.35. The zero-order chi connectivity index (χ0) is 15.1. The number of alkyl halides is 3. The van der Waals surface area contributed by atoms with E-state index in [2.05, 4.69) is 10.1 Å². The molecule has 0 fully saturated rings. The van der Waals surface area contributed by atoms with E-state index in [1.807, 2.05) is 0 Å². The summed E-state index contributed by atoms with van der Waals surface area (Å²) < 4.78 is 47.9. The molecule has 8 heteroatoms. The largest absolute Gasteiger partial charge is 0.462 e. The lowest BCUT2D eigenvalue weighted by molar-refractivity contribution is -0.139. The van der Waals surface area contributed by atoms with Gasteiger partial charge in [-0.3, -0.25) is 0 Å². The fourth-order valence-electron chi connectivity index (χ4n) is 1.29. The van der Waals surface area contributed by atoms with Gasteiger partial charge in [-0.15, -0.1) is 0 Å². The van der Waals surface area contributed by atoms with Gasteiger partial charge >= 0.3 is 12.1 Å². The van der Waals surface area contributed by atoms with Gasteiger partial charge in [-0.1, -0.05) is 0 Å². The van der Waals surface area contributed by atoms with Gasteiger partial charge in [-0.25, -0.2) is 4.79 Å². The Morgan fingerprint density at radius 2 is 2.05 bits per heavy atom. The van der Waals surface area contributed by atoms with Crippen molar-refractivity contribution in [2.45, 2.75) is 26.1 Å². The zero-order valence-corrected chi connectivity index (χ0v) is 10.9. The molecule has 2 N–H and O–H groups in total. The number of methoxy groups -OCH3 is 1. The molecule has 0 bridgehead atoms. The molecule has 0 radical (unpaired) electrons. The van der Waals surface area contributed by atoms with Crippen molar-refractivity contribution >= 4 is 12.2 Å². The van der Waals surface area contributed by atoms with Crippen molar-refractivity contribution in [3.8, 4) is 0 Å². The molecule has 0 rings (SSSR count). The van der Waals surface area contributed by atoms with Gasteiger partial charge in [-0.2, -0.15) is 13.2 Å². The average Bonchev–Trinajstić information content (AvgIpc) is 2.28. The number of nitrogens with one attached hydrogen (secondary N) is 2. The molecule has 110 valence electrons. The third-order valence-corrected chi connectivity index (χ3v) is 2.00. The Kier molecular flexibility index (Phi) is 7.13. The summed E-state index contributed by atoms with van der Waals surface area (Å²) in [6.07, 6.45) is -4.46. The van der Waals surface area contributed by atoms with Crippen LogP contribution in [0.2, 0.25) is 0 Å². The second-order valence-electron chi connectivity index (χ2n) is 3.65. The van der Waals surface area contributed by atoms with Crippen LogP contribution < -0.4 is 5.32 Å². The normalized spacial score (nSPS) is 14.4. The molecule has 19 heavy (non-hydrogen) atoms. The maximum Gasteiger partial charge on any atom is 0.431 e. The molecule has 0 aromatic heterocycles. The van der Waals surface area contributed by atoms with Gasteiger partial charge in [0.2, 0.25) is 0 Å². The summed E-state index contributed by atoms with van der Waals surface area (Å²) in [4.78, 5) is 11.4. The van der Waals surface area contributed by atoms with Gasteiger partial charge in [0.25, 0.3) is 0 Å². The van der Waals surface area contributed by atoms with Gasteiger partial charge in [0.15, 0.2) is 0 Å². The highest BCUT2D eigenvalue weighted by Crippen LogP contribution is 2.26. The molecule has 0 aliphatic carbocycles. The van der Waals surface area contributed by atoms with Crippen LogP contribution in [0.1, 0.15) is 13.8 Å². The third-order valence-electron chi connectivity index (χ3n) is 2.00. The van der Waals surface area contributed by atoms with Crippen LogP contribution in [0.4, 0.5) is 13.2 Å². The number of carbonyl (C=O) groups excluding carboxylic acids is 1. The molecule has 0 aromatic rings. The first-order valence-electron chi connectivity index (χ1n) is 5.52. The van der Waals surface area contributed by atoms with E-state index in [9.17, 15) is 18.0 Å². The Balaban J connectivity index is 5.40. The van der Waals surface area contributed by atoms with Crippen LogP contribution in [0.3, 0.4) is 0 Å². The molecule has 0 aliphatic heterocycles. The van der Waals surface area contributed by atoms with Crippen LogP contribution in [0.15, 0.2) is 11.3 Å². The molecule has 0 amide bonds. The van der Waals surface area contributed by atoms with E-state index >= 15 is 0 Å². The molecule has 0 spiro atoms. The molecule has 0 saturated heterocycles. The summed E-state index contributed by atoms with van der Waals surface area (Å²) in [6.45, 7) is 2.87. The molecule has 1 atom stereocenters. The fraction of sp³-hybridized carbons (Fsp3) is 0.636. The molecule has 1 unspecified atom stereocenters. The summed E-state index contributed by atoms with van der Waals surface area (Å²) in [5, 5.41) is 9.10. The predicted molar refractivity (Wildman–Crippen MR) is 63.0 cm³/mol. The summed E-state index contributed by atoms with van der Waals surface area (Å²) in [6, 6.07) is -0.675. The highest BCUT2D eigenvalue weighted by atomic mass is 19.4. The highest BCUT2D eigenvalue weighted by Gasteiger charge is 2.39. The zero-order valence-electron chi connectivity index (χ0n) is 10.9. The number of allylic oxidation sites excluding steroid dienone is 1. The minimum Gasteiger partial charge on any atom is -0.462 e. The Bertz CT molecular complexity index is 354. The van der Waals surface area contributed by atoms with Gasteiger partial charge in [0, 0.05) is 19.4 Å². The lowest BCUT2D eigenvalue weighted by Gasteiger charge is -2.21. The number of esters is 1. The molecular formula is C11H17F3N2O3. The Morgan fingerprint density at radius 3 is 2.42 bits per heavy atom. The van der Waals surface area contributed by atoms with E-state index in [0.717, 1.165) is 0 Å². The smallest absolute Gasteiger partial charge is 0.431 e. The predicted octanol–water partition coefficient (Wildman–Crippen LogP) is 1.64. The lowest BCUT2D eigenvalue weighted by Crippen LogP contribution is -2.38. The average molecular weight is 282 g/mol. The maximum absolute atomic E-state index is 12.9. The number of hydrogen-bond donors (Lipinski definition) is 2. The first-order valence-corrected chi connectivity index (χ1v) is 5.52. The standard InChI is InChI=1S/C11H17F3N2O3/c1-4-19-10(17)8(5-15)9(11(12,13)14)16-7(2)6-18-3/h5,7,15-16H,4,6H2,1-3H3/b9-8+,15-5?. The van der Waals surface area contributed by atoms with Crippen LogP contribution in [0.25, 0.3) is 0 Å². The van der Waals surface area contributed by atoms with Crippen molar-refractivity contribution in [1.29, 1.82) is 5.41 Å². The van der Waals surface area contributed by atoms with Crippen molar-refractivity contribution in [2.75, 3.05) is 20.3 Å². The molecular weight excluding hydrogens is 265 g/mol. The Morgan fingerprint density at radius 1 is 1.47 bits per heavy atom. The minimum atomic E-state index is -4.79. The van der Waals surface area contributed by atoms with Crippen molar-refractivity contribution < 1.29 is 27.4 Å². The van der Waals surface area contributed by atoms with Crippen LogP contribution >= 0.6 is 0 Å². The van der Waals surface area contributed by atoms with Gasteiger partial charge in [-0.05, 0) is 13.8 Å².